The van der Waals surface area contributed by atoms with Crippen molar-refractivity contribution >= 4 is 34.7 Å². The summed E-state index contributed by atoms with van der Waals surface area (Å²) in [7, 11) is 1.97. The Morgan fingerprint density at radius 3 is 2.47 bits per heavy atom. The third-order valence-electron chi connectivity index (χ3n) is 5.95. The number of hydrogen-bond acceptors (Lipinski definition) is 3. The second-order valence-electron chi connectivity index (χ2n) is 7.93. The van der Waals surface area contributed by atoms with Gasteiger partial charge in [0, 0.05) is 18.8 Å². The molecular weight excluding hydrogens is 418 g/mol. The Morgan fingerprint density at radius 1 is 0.938 bits per heavy atom. The number of rotatable bonds is 2. The van der Waals surface area contributed by atoms with Crippen LogP contribution in [0.4, 0.5) is 17.2 Å². The van der Waals surface area contributed by atoms with Crippen molar-refractivity contribution in [2.75, 3.05) is 16.8 Å². The van der Waals surface area contributed by atoms with Crippen LogP contribution in [-0.4, -0.2) is 17.9 Å². The lowest BCUT2D eigenvalue weighted by atomic mass is 9.99. The number of aromatic nitrogens is 1. The number of anilines is 3. The molecule has 0 fully saturated rings. The van der Waals surface area contributed by atoms with Crippen LogP contribution < -0.4 is 9.80 Å². The molecule has 158 valence electrons. The van der Waals surface area contributed by atoms with Crippen molar-refractivity contribution in [3.8, 4) is 11.1 Å². The molecule has 1 aliphatic rings. The molecule has 3 aromatic carbocycles. The minimum atomic E-state index is -0.135. The summed E-state index contributed by atoms with van der Waals surface area (Å²) in [5.74, 6) is 0.708. The Labute approximate surface area is 192 Å². The first-order valence-corrected chi connectivity index (χ1v) is 10.9. The molecule has 5 heteroatoms. The fourth-order valence-electron chi connectivity index (χ4n) is 4.28. The summed E-state index contributed by atoms with van der Waals surface area (Å²) >= 11 is 6.67. The van der Waals surface area contributed by atoms with Crippen LogP contribution in [0.3, 0.4) is 0 Å². The van der Waals surface area contributed by atoms with Crippen molar-refractivity contribution in [1.29, 1.82) is 0 Å². The Hall–Kier alpha value is -3.63. The molecular formula is C27H22ClN3O. The maximum absolute atomic E-state index is 13.8. The van der Waals surface area contributed by atoms with Crippen LogP contribution in [0.15, 0.2) is 85.1 Å². The molecule has 5 rings (SSSR count). The van der Waals surface area contributed by atoms with Gasteiger partial charge in [0.15, 0.2) is 0 Å². The molecule has 0 bridgehead atoms. The smallest absolute Gasteiger partial charge is 0.260 e. The highest BCUT2D eigenvalue weighted by Crippen LogP contribution is 2.40. The molecule has 0 saturated carbocycles. The fraction of sp³-hybridized carbons (Fsp3) is 0.111. The number of para-hydroxylation sites is 2. The van der Waals surface area contributed by atoms with E-state index < -0.39 is 0 Å². The summed E-state index contributed by atoms with van der Waals surface area (Å²) in [5, 5.41) is 0.442. The zero-order valence-corrected chi connectivity index (χ0v) is 18.7. The van der Waals surface area contributed by atoms with Crippen molar-refractivity contribution in [2.45, 2.75) is 13.5 Å². The van der Waals surface area contributed by atoms with E-state index in [1.165, 1.54) is 0 Å². The Balaban J connectivity index is 1.58. The molecule has 0 N–H and O–H groups in total. The van der Waals surface area contributed by atoms with Gasteiger partial charge in [-0.05, 0) is 53.9 Å². The molecule has 2 heterocycles. The number of pyridine rings is 1. The maximum atomic E-state index is 13.8. The normalized spacial score (nSPS) is 12.7. The molecule has 0 radical (unpaired) electrons. The highest BCUT2D eigenvalue weighted by molar-refractivity contribution is 6.35. The number of carbonyl (C=O) groups is 1. The first-order valence-electron chi connectivity index (χ1n) is 10.5. The number of aryl methyl sites for hydroxylation is 1. The molecule has 32 heavy (non-hydrogen) atoms. The highest BCUT2D eigenvalue weighted by Gasteiger charge is 2.29. The number of nitrogens with zero attached hydrogens (tertiary/aromatic N) is 3. The number of amides is 1. The van der Waals surface area contributed by atoms with Gasteiger partial charge in [-0.25, -0.2) is 4.98 Å². The fourth-order valence-corrected chi connectivity index (χ4v) is 4.54. The average Bonchev–Trinajstić information content (AvgIpc) is 2.94. The maximum Gasteiger partial charge on any atom is 0.260 e. The van der Waals surface area contributed by atoms with Gasteiger partial charge in [0.1, 0.15) is 5.82 Å². The van der Waals surface area contributed by atoms with Crippen molar-refractivity contribution in [2.24, 2.45) is 0 Å². The van der Waals surface area contributed by atoms with Gasteiger partial charge >= 0.3 is 0 Å². The van der Waals surface area contributed by atoms with E-state index in [-0.39, 0.29) is 5.91 Å². The largest absolute Gasteiger partial charge is 0.327 e. The molecule has 1 aliphatic heterocycles. The quantitative estimate of drug-likeness (QED) is 0.351. The van der Waals surface area contributed by atoms with Gasteiger partial charge in [0.25, 0.3) is 5.91 Å². The minimum Gasteiger partial charge on any atom is -0.327 e. The van der Waals surface area contributed by atoms with Crippen molar-refractivity contribution in [3.63, 3.8) is 0 Å². The predicted molar refractivity (Wildman–Crippen MR) is 131 cm³/mol. The van der Waals surface area contributed by atoms with Gasteiger partial charge in [-0.1, -0.05) is 60.1 Å². The monoisotopic (exact) mass is 439 g/mol. The van der Waals surface area contributed by atoms with Crippen LogP contribution >= 0.6 is 11.6 Å². The second kappa shape index (κ2) is 8.13. The summed E-state index contributed by atoms with van der Waals surface area (Å²) in [6.07, 6.45) is 1.77. The predicted octanol–water partition coefficient (Wildman–Crippen LogP) is 6.64. The summed E-state index contributed by atoms with van der Waals surface area (Å²) in [6.45, 7) is 2.48. The van der Waals surface area contributed by atoms with Gasteiger partial charge in [0.2, 0.25) is 0 Å². The summed E-state index contributed by atoms with van der Waals surface area (Å²) in [5.41, 5.74) is 6.48. The molecule has 4 aromatic rings. The van der Waals surface area contributed by atoms with Gasteiger partial charge in [-0.2, -0.15) is 0 Å². The van der Waals surface area contributed by atoms with Crippen molar-refractivity contribution < 1.29 is 4.79 Å². The number of halogens is 1. The van der Waals surface area contributed by atoms with E-state index in [1.807, 2.05) is 78.7 Å². The first-order chi connectivity index (χ1) is 15.5. The second-order valence-corrected chi connectivity index (χ2v) is 8.34. The van der Waals surface area contributed by atoms with Crippen LogP contribution in [-0.2, 0) is 6.54 Å². The third kappa shape index (κ3) is 3.43. The van der Waals surface area contributed by atoms with E-state index >= 15 is 0 Å². The lowest BCUT2D eigenvalue weighted by Crippen LogP contribution is -2.30. The topological polar surface area (TPSA) is 36.4 Å². The molecule has 0 unspecified atom stereocenters. The molecule has 0 aliphatic carbocycles. The van der Waals surface area contributed by atoms with E-state index in [9.17, 15) is 4.79 Å². The molecule has 4 nitrogen and oxygen atoms in total. The molecule has 0 saturated heterocycles. The van der Waals surface area contributed by atoms with Crippen molar-refractivity contribution in [1.82, 2.24) is 4.98 Å². The lowest BCUT2D eigenvalue weighted by molar-refractivity contribution is 0.0985. The van der Waals surface area contributed by atoms with Gasteiger partial charge < -0.3 is 9.80 Å². The molecule has 0 spiro atoms. The van der Waals surface area contributed by atoms with Gasteiger partial charge in [0.05, 0.1) is 28.5 Å². The summed E-state index contributed by atoms with van der Waals surface area (Å²) in [4.78, 5) is 22.1. The van der Waals surface area contributed by atoms with E-state index in [1.54, 1.807) is 11.1 Å². The van der Waals surface area contributed by atoms with Crippen LogP contribution in [0.2, 0.25) is 5.02 Å². The minimum absolute atomic E-state index is 0.135. The Bertz CT molecular complexity index is 1330. The summed E-state index contributed by atoms with van der Waals surface area (Å²) < 4.78 is 0. The molecule has 1 amide bonds. The lowest BCUT2D eigenvalue weighted by Gasteiger charge is -2.24. The van der Waals surface area contributed by atoms with E-state index in [0.29, 0.717) is 17.1 Å². The zero-order chi connectivity index (χ0) is 22.2. The third-order valence-corrected chi connectivity index (χ3v) is 6.26. The van der Waals surface area contributed by atoms with E-state index in [4.69, 9.17) is 11.6 Å². The van der Waals surface area contributed by atoms with Crippen LogP contribution in [0.1, 0.15) is 21.5 Å². The highest BCUT2D eigenvalue weighted by atomic mass is 35.5. The van der Waals surface area contributed by atoms with Crippen molar-refractivity contribution in [3.05, 3.63) is 107 Å². The SMILES string of the molecule is Cc1ccccc1-c1ccc(C(=O)N2Cc3cccnc3N(C)c3ccccc32)c(Cl)c1. The number of hydrogen-bond donors (Lipinski definition) is 0. The number of carbonyl (C=O) groups excluding carboxylic acids is 1. The Kier molecular flexibility index (Phi) is 5.16. The average molecular weight is 440 g/mol. The summed E-state index contributed by atoms with van der Waals surface area (Å²) in [6, 6.07) is 25.6. The molecule has 1 aromatic heterocycles. The van der Waals surface area contributed by atoms with Gasteiger partial charge in [-0.3, -0.25) is 4.79 Å². The van der Waals surface area contributed by atoms with E-state index in [2.05, 4.69) is 24.0 Å². The first kappa shape index (κ1) is 20.3. The molecule has 0 atom stereocenters. The number of fused-ring (bicyclic) bond motifs is 2. The van der Waals surface area contributed by atoms with Crippen LogP contribution in [0.5, 0.6) is 0 Å². The van der Waals surface area contributed by atoms with Crippen LogP contribution in [0.25, 0.3) is 11.1 Å². The van der Waals surface area contributed by atoms with Crippen LogP contribution in [0, 0.1) is 6.92 Å². The zero-order valence-electron chi connectivity index (χ0n) is 17.9. The number of benzene rings is 3. The standard InChI is InChI=1S/C27H22ClN3O/c1-18-8-3-4-10-21(18)19-13-14-22(23(28)16-19)27(32)31-17-20-9-7-15-29-26(20)30(2)24-11-5-6-12-25(24)31/h3-16H,17H2,1-2H3. The Morgan fingerprint density at radius 2 is 1.69 bits per heavy atom. The van der Waals surface area contributed by atoms with E-state index in [0.717, 1.165) is 39.4 Å². The van der Waals surface area contributed by atoms with Gasteiger partial charge in [-0.15, -0.1) is 0 Å².